The molecule has 0 bridgehead atoms. The van der Waals surface area contributed by atoms with Crippen LogP contribution in [0, 0.1) is 0 Å². The first-order valence-electron chi connectivity index (χ1n) is 2.97. The molecule has 1 heterocycles. The maximum absolute atomic E-state index is 5.05. The van der Waals surface area contributed by atoms with Gasteiger partial charge < -0.3 is 10.1 Å². The van der Waals surface area contributed by atoms with Crippen molar-refractivity contribution in [2.24, 2.45) is 0 Å². The summed E-state index contributed by atoms with van der Waals surface area (Å²) >= 11 is 0. The average molecular weight is 113 g/mol. The number of hydrogen-bond acceptors (Lipinski definition) is 2. The van der Waals surface area contributed by atoms with Crippen molar-refractivity contribution in [2.45, 2.75) is 6.42 Å². The third kappa shape index (κ3) is 1.98. The first kappa shape index (κ1) is 5.63. The molecule has 0 aromatic rings. The smallest absolute Gasteiger partial charge is 0.0885 e. The van der Waals surface area contributed by atoms with Gasteiger partial charge >= 0.3 is 0 Å². The first-order valence-corrected chi connectivity index (χ1v) is 2.97. The van der Waals surface area contributed by atoms with Crippen molar-refractivity contribution >= 4 is 0 Å². The van der Waals surface area contributed by atoms with E-state index in [1.54, 1.807) is 6.26 Å². The van der Waals surface area contributed by atoms with E-state index in [0.29, 0.717) is 0 Å². The van der Waals surface area contributed by atoms with Crippen LogP contribution in [0.5, 0.6) is 0 Å². The van der Waals surface area contributed by atoms with Crippen LogP contribution in [0.1, 0.15) is 6.42 Å². The van der Waals surface area contributed by atoms with E-state index < -0.39 is 0 Å². The van der Waals surface area contributed by atoms with Crippen molar-refractivity contribution < 1.29 is 4.74 Å². The molecular weight excluding hydrogens is 102 g/mol. The normalized spacial score (nSPS) is 25.0. The molecule has 0 aromatic carbocycles. The standard InChI is InChI=1S/C6H11NO/c1-3-7-4-2-6-8-5-1/h1,5,7H,2-4,6H2/b5-1-. The minimum atomic E-state index is 0.851. The Labute approximate surface area is 49.5 Å². The number of rotatable bonds is 0. The van der Waals surface area contributed by atoms with E-state index >= 15 is 0 Å². The molecule has 8 heavy (non-hydrogen) atoms. The van der Waals surface area contributed by atoms with Gasteiger partial charge in [-0.3, -0.25) is 0 Å². The molecule has 0 aliphatic carbocycles. The Morgan fingerprint density at radius 1 is 1.50 bits per heavy atom. The molecule has 1 aliphatic rings. The minimum absolute atomic E-state index is 0.851. The van der Waals surface area contributed by atoms with Crippen LogP contribution in [-0.4, -0.2) is 19.7 Å². The third-order valence-corrected chi connectivity index (χ3v) is 1.07. The lowest BCUT2D eigenvalue weighted by molar-refractivity contribution is 0.238. The minimum Gasteiger partial charge on any atom is -0.501 e. The zero-order chi connectivity index (χ0) is 5.66. The lowest BCUT2D eigenvalue weighted by Gasteiger charge is -2.05. The summed E-state index contributed by atoms with van der Waals surface area (Å²) in [7, 11) is 0. The molecule has 0 fully saturated rings. The maximum Gasteiger partial charge on any atom is 0.0885 e. The molecule has 0 amide bonds. The van der Waals surface area contributed by atoms with Gasteiger partial charge in [-0.25, -0.2) is 0 Å². The highest BCUT2D eigenvalue weighted by atomic mass is 16.5. The van der Waals surface area contributed by atoms with Gasteiger partial charge in [0.25, 0.3) is 0 Å². The molecule has 0 saturated carbocycles. The second-order valence-electron chi connectivity index (χ2n) is 1.80. The van der Waals surface area contributed by atoms with E-state index in [0.717, 1.165) is 26.1 Å². The van der Waals surface area contributed by atoms with E-state index in [2.05, 4.69) is 5.32 Å². The number of ether oxygens (including phenoxy) is 1. The van der Waals surface area contributed by atoms with Gasteiger partial charge in [0.05, 0.1) is 12.9 Å². The quantitative estimate of drug-likeness (QED) is 0.494. The van der Waals surface area contributed by atoms with Gasteiger partial charge in [0, 0.05) is 6.54 Å². The summed E-state index contributed by atoms with van der Waals surface area (Å²) in [6.07, 6.45) is 4.86. The Kier molecular flexibility index (Phi) is 2.46. The molecule has 0 radical (unpaired) electrons. The van der Waals surface area contributed by atoms with E-state index in [9.17, 15) is 0 Å². The van der Waals surface area contributed by atoms with Crippen LogP contribution in [0.2, 0.25) is 0 Å². The van der Waals surface area contributed by atoms with Crippen molar-refractivity contribution in [2.75, 3.05) is 19.7 Å². The van der Waals surface area contributed by atoms with Crippen LogP contribution < -0.4 is 5.32 Å². The number of hydrogen-bond donors (Lipinski definition) is 1. The molecule has 0 unspecified atom stereocenters. The lowest BCUT2D eigenvalue weighted by atomic mass is 10.4. The molecule has 0 saturated heterocycles. The van der Waals surface area contributed by atoms with E-state index in [1.807, 2.05) is 6.08 Å². The Balaban J connectivity index is 2.17. The summed E-state index contributed by atoms with van der Waals surface area (Å²) in [6, 6.07) is 0. The van der Waals surface area contributed by atoms with Crippen LogP contribution >= 0.6 is 0 Å². The Morgan fingerprint density at radius 2 is 2.50 bits per heavy atom. The summed E-state index contributed by atoms with van der Waals surface area (Å²) in [5.74, 6) is 0. The van der Waals surface area contributed by atoms with Gasteiger partial charge in [0.1, 0.15) is 0 Å². The molecule has 0 atom stereocenters. The highest BCUT2D eigenvalue weighted by molar-refractivity contribution is 4.77. The van der Waals surface area contributed by atoms with Crippen LogP contribution in [0.15, 0.2) is 12.3 Å². The van der Waals surface area contributed by atoms with Crippen molar-refractivity contribution in [1.82, 2.24) is 5.32 Å². The van der Waals surface area contributed by atoms with Gasteiger partial charge in [0.2, 0.25) is 0 Å². The molecule has 1 N–H and O–H groups in total. The van der Waals surface area contributed by atoms with Crippen molar-refractivity contribution in [1.29, 1.82) is 0 Å². The second-order valence-corrected chi connectivity index (χ2v) is 1.80. The lowest BCUT2D eigenvalue weighted by Crippen LogP contribution is -2.17. The van der Waals surface area contributed by atoms with Crippen molar-refractivity contribution in [3.8, 4) is 0 Å². The molecule has 1 aliphatic heterocycles. The van der Waals surface area contributed by atoms with Gasteiger partial charge in [0.15, 0.2) is 0 Å². The van der Waals surface area contributed by atoms with E-state index in [-0.39, 0.29) is 0 Å². The van der Waals surface area contributed by atoms with Crippen molar-refractivity contribution in [3.63, 3.8) is 0 Å². The Morgan fingerprint density at radius 3 is 3.50 bits per heavy atom. The first-order chi connectivity index (χ1) is 4.00. The highest BCUT2D eigenvalue weighted by Crippen LogP contribution is 1.85. The SMILES string of the molecule is C1=C\OCCCNC/1. The molecular formula is C6H11NO. The summed E-state index contributed by atoms with van der Waals surface area (Å²) in [5, 5.41) is 3.22. The van der Waals surface area contributed by atoms with Crippen LogP contribution in [0.3, 0.4) is 0 Å². The summed E-state index contributed by atoms with van der Waals surface area (Å²) in [5.41, 5.74) is 0. The monoisotopic (exact) mass is 113 g/mol. The van der Waals surface area contributed by atoms with Gasteiger partial charge in [-0.05, 0) is 19.0 Å². The fourth-order valence-electron chi connectivity index (χ4n) is 0.650. The molecule has 1 rings (SSSR count). The van der Waals surface area contributed by atoms with Gasteiger partial charge in [-0.15, -0.1) is 0 Å². The molecule has 0 spiro atoms. The molecule has 0 aromatic heterocycles. The van der Waals surface area contributed by atoms with Crippen LogP contribution in [0.25, 0.3) is 0 Å². The van der Waals surface area contributed by atoms with Gasteiger partial charge in [-0.2, -0.15) is 0 Å². The molecule has 2 nitrogen and oxygen atoms in total. The largest absolute Gasteiger partial charge is 0.501 e. The second kappa shape index (κ2) is 3.50. The maximum atomic E-state index is 5.05. The van der Waals surface area contributed by atoms with Gasteiger partial charge in [-0.1, -0.05) is 0 Å². The Bertz CT molecular complexity index is 70.6. The average Bonchev–Trinajstić information content (AvgIpc) is 1.62. The van der Waals surface area contributed by atoms with E-state index in [4.69, 9.17) is 4.74 Å². The third-order valence-electron chi connectivity index (χ3n) is 1.07. The van der Waals surface area contributed by atoms with Crippen molar-refractivity contribution in [3.05, 3.63) is 12.3 Å². The highest BCUT2D eigenvalue weighted by Gasteiger charge is 1.88. The number of nitrogens with one attached hydrogen (secondary N) is 1. The zero-order valence-electron chi connectivity index (χ0n) is 4.89. The fraction of sp³-hybridized carbons (Fsp3) is 0.667. The molecule has 46 valence electrons. The molecule has 2 heteroatoms. The predicted molar refractivity (Wildman–Crippen MR) is 32.6 cm³/mol. The summed E-state index contributed by atoms with van der Waals surface area (Å²) in [6.45, 7) is 2.87. The van der Waals surface area contributed by atoms with E-state index in [1.165, 1.54) is 0 Å². The van der Waals surface area contributed by atoms with Crippen LogP contribution in [0.4, 0.5) is 0 Å². The zero-order valence-corrected chi connectivity index (χ0v) is 4.89. The summed E-state index contributed by atoms with van der Waals surface area (Å²) in [4.78, 5) is 0. The summed E-state index contributed by atoms with van der Waals surface area (Å²) < 4.78 is 5.05. The Hall–Kier alpha value is -0.500. The topological polar surface area (TPSA) is 21.3 Å². The fourth-order valence-corrected chi connectivity index (χ4v) is 0.650. The predicted octanol–water partition coefficient (Wildman–Crippen LogP) is 0.510. The van der Waals surface area contributed by atoms with Crippen LogP contribution in [-0.2, 0) is 4.74 Å².